The Balaban J connectivity index is 2.53. The second-order valence-corrected chi connectivity index (χ2v) is 3.31. The number of aromatic nitrogens is 4. The average molecular weight is 258 g/mol. The molecule has 0 aliphatic rings. The number of halogens is 3. The lowest BCUT2D eigenvalue weighted by Gasteiger charge is -2.11. The second kappa shape index (κ2) is 4.63. The van der Waals surface area contributed by atoms with Gasteiger partial charge < -0.3 is 4.74 Å². The second-order valence-electron chi connectivity index (χ2n) is 3.31. The van der Waals surface area contributed by atoms with Crippen LogP contribution in [0.2, 0.25) is 0 Å². The molecule has 0 bridgehead atoms. The van der Waals surface area contributed by atoms with E-state index in [-0.39, 0.29) is 11.4 Å². The first kappa shape index (κ1) is 12.3. The summed E-state index contributed by atoms with van der Waals surface area (Å²) < 4.78 is 43.9. The van der Waals surface area contributed by atoms with Crippen LogP contribution in [0.4, 0.5) is 13.2 Å². The lowest BCUT2D eigenvalue weighted by Crippen LogP contribution is -2.15. The first-order valence-electron chi connectivity index (χ1n) is 5.12. The zero-order valence-corrected chi connectivity index (χ0v) is 9.35. The molecule has 96 valence electrons. The van der Waals surface area contributed by atoms with Crippen LogP contribution in [0.1, 0.15) is 12.7 Å². The summed E-state index contributed by atoms with van der Waals surface area (Å²) in [7, 11) is 0. The van der Waals surface area contributed by atoms with E-state index in [1.165, 1.54) is 6.07 Å². The van der Waals surface area contributed by atoms with Crippen molar-refractivity contribution >= 4 is 0 Å². The van der Waals surface area contributed by atoms with Gasteiger partial charge in [0, 0.05) is 0 Å². The summed E-state index contributed by atoms with van der Waals surface area (Å²) in [5.74, 6) is -0.896. The third-order valence-electron chi connectivity index (χ3n) is 2.12. The SMILES string of the molecule is CCOc1ccccc1-n1nnnc1C(F)(F)F. The number of hydrogen-bond acceptors (Lipinski definition) is 4. The fraction of sp³-hybridized carbons (Fsp3) is 0.300. The van der Waals surface area contributed by atoms with Crippen LogP contribution in [0, 0.1) is 0 Å². The van der Waals surface area contributed by atoms with Gasteiger partial charge in [-0.3, -0.25) is 0 Å². The molecule has 0 N–H and O–H groups in total. The Hall–Kier alpha value is -2.12. The van der Waals surface area contributed by atoms with Crippen LogP contribution in [-0.2, 0) is 6.18 Å². The van der Waals surface area contributed by atoms with Crippen LogP contribution in [0.5, 0.6) is 5.75 Å². The topological polar surface area (TPSA) is 52.8 Å². The van der Waals surface area contributed by atoms with Gasteiger partial charge in [0.2, 0.25) is 0 Å². The van der Waals surface area contributed by atoms with E-state index in [9.17, 15) is 13.2 Å². The average Bonchev–Trinajstić information content (AvgIpc) is 2.78. The number of nitrogens with zero attached hydrogens (tertiary/aromatic N) is 4. The monoisotopic (exact) mass is 258 g/mol. The highest BCUT2D eigenvalue weighted by atomic mass is 19.4. The summed E-state index contributed by atoms with van der Waals surface area (Å²) in [4.78, 5) is 0. The lowest BCUT2D eigenvalue weighted by molar-refractivity contribution is -0.146. The summed E-state index contributed by atoms with van der Waals surface area (Å²) in [5.41, 5.74) is 0.150. The summed E-state index contributed by atoms with van der Waals surface area (Å²) >= 11 is 0. The largest absolute Gasteiger partial charge is 0.492 e. The molecule has 0 aliphatic heterocycles. The number of benzene rings is 1. The van der Waals surface area contributed by atoms with E-state index >= 15 is 0 Å². The van der Waals surface area contributed by atoms with Gasteiger partial charge in [-0.25, -0.2) is 0 Å². The van der Waals surface area contributed by atoms with E-state index in [0.717, 1.165) is 0 Å². The van der Waals surface area contributed by atoms with Gasteiger partial charge in [-0.1, -0.05) is 12.1 Å². The molecular formula is C10H9F3N4O. The van der Waals surface area contributed by atoms with Gasteiger partial charge in [0.05, 0.1) is 6.61 Å². The Morgan fingerprint density at radius 2 is 2.00 bits per heavy atom. The van der Waals surface area contributed by atoms with E-state index in [2.05, 4.69) is 15.5 Å². The molecule has 2 rings (SSSR count). The molecule has 5 nitrogen and oxygen atoms in total. The van der Waals surface area contributed by atoms with Gasteiger partial charge in [0.1, 0.15) is 11.4 Å². The van der Waals surface area contributed by atoms with E-state index in [1.807, 2.05) is 0 Å². The van der Waals surface area contributed by atoms with E-state index in [0.29, 0.717) is 11.3 Å². The summed E-state index contributed by atoms with van der Waals surface area (Å²) in [6, 6.07) is 6.25. The quantitative estimate of drug-likeness (QED) is 0.845. The summed E-state index contributed by atoms with van der Waals surface area (Å²) in [5, 5.41) is 9.39. The van der Waals surface area contributed by atoms with Crippen molar-refractivity contribution in [1.29, 1.82) is 0 Å². The van der Waals surface area contributed by atoms with Crippen molar-refractivity contribution in [3.05, 3.63) is 30.1 Å². The van der Waals surface area contributed by atoms with Crippen LogP contribution in [0.3, 0.4) is 0 Å². The Morgan fingerprint density at radius 3 is 2.67 bits per heavy atom. The van der Waals surface area contributed by atoms with Crippen molar-refractivity contribution in [2.75, 3.05) is 6.61 Å². The number of rotatable bonds is 3. The molecule has 1 aromatic carbocycles. The van der Waals surface area contributed by atoms with Crippen molar-refractivity contribution < 1.29 is 17.9 Å². The third kappa shape index (κ3) is 2.27. The minimum Gasteiger partial charge on any atom is -0.492 e. The van der Waals surface area contributed by atoms with Crippen LogP contribution in [0.25, 0.3) is 5.69 Å². The smallest absolute Gasteiger partial charge is 0.453 e. The molecule has 1 heterocycles. The standard InChI is InChI=1S/C10H9F3N4O/c1-2-18-8-6-4-3-5-7(8)17-9(10(11,12)13)14-15-16-17/h3-6H,2H2,1H3. The number of para-hydroxylation sites is 2. The van der Waals surface area contributed by atoms with E-state index in [4.69, 9.17) is 4.74 Å². The highest BCUT2D eigenvalue weighted by Crippen LogP contribution is 2.30. The van der Waals surface area contributed by atoms with Crippen LogP contribution in [0.15, 0.2) is 24.3 Å². The highest BCUT2D eigenvalue weighted by molar-refractivity contribution is 5.46. The summed E-state index contributed by atoms with van der Waals surface area (Å²) in [6.45, 7) is 2.07. The van der Waals surface area contributed by atoms with Crippen molar-refractivity contribution in [3.63, 3.8) is 0 Å². The Kier molecular flexibility index (Phi) is 3.17. The van der Waals surface area contributed by atoms with Crippen molar-refractivity contribution in [3.8, 4) is 11.4 Å². The molecule has 0 saturated carbocycles. The van der Waals surface area contributed by atoms with Crippen LogP contribution >= 0.6 is 0 Å². The maximum atomic E-state index is 12.7. The fourth-order valence-electron chi connectivity index (χ4n) is 1.44. The molecule has 0 amide bonds. The fourth-order valence-corrected chi connectivity index (χ4v) is 1.44. The van der Waals surface area contributed by atoms with Crippen LogP contribution < -0.4 is 4.74 Å². The molecule has 0 saturated heterocycles. The first-order chi connectivity index (χ1) is 8.54. The van der Waals surface area contributed by atoms with Crippen molar-refractivity contribution in [1.82, 2.24) is 20.2 Å². The molecule has 0 unspecified atom stereocenters. The molecule has 0 fully saturated rings. The minimum atomic E-state index is -4.62. The number of alkyl halides is 3. The van der Waals surface area contributed by atoms with Gasteiger partial charge in [-0.2, -0.15) is 17.9 Å². The molecule has 2 aromatic rings. The van der Waals surface area contributed by atoms with Gasteiger partial charge in [-0.15, -0.1) is 5.10 Å². The Morgan fingerprint density at radius 1 is 1.28 bits per heavy atom. The molecule has 8 heteroatoms. The molecule has 0 atom stereocenters. The molecule has 0 radical (unpaired) electrons. The Labute approximate surface area is 100 Å². The molecule has 1 aromatic heterocycles. The molecule has 0 spiro atoms. The maximum absolute atomic E-state index is 12.7. The van der Waals surface area contributed by atoms with Gasteiger partial charge in [0.15, 0.2) is 0 Å². The van der Waals surface area contributed by atoms with Gasteiger partial charge in [-0.05, 0) is 29.5 Å². The number of ether oxygens (including phenoxy) is 1. The van der Waals surface area contributed by atoms with Crippen LogP contribution in [-0.4, -0.2) is 26.8 Å². The predicted molar refractivity (Wildman–Crippen MR) is 55.3 cm³/mol. The molecule has 0 aliphatic carbocycles. The number of tetrazole rings is 1. The van der Waals surface area contributed by atoms with E-state index < -0.39 is 12.0 Å². The van der Waals surface area contributed by atoms with Crippen molar-refractivity contribution in [2.45, 2.75) is 13.1 Å². The Bertz CT molecular complexity index is 538. The highest BCUT2D eigenvalue weighted by Gasteiger charge is 2.38. The van der Waals surface area contributed by atoms with Gasteiger partial charge >= 0.3 is 6.18 Å². The summed E-state index contributed by atoms with van der Waals surface area (Å²) in [6.07, 6.45) is -4.62. The maximum Gasteiger partial charge on any atom is 0.453 e. The number of hydrogen-bond donors (Lipinski definition) is 0. The molecular weight excluding hydrogens is 249 g/mol. The third-order valence-corrected chi connectivity index (χ3v) is 2.12. The zero-order valence-electron chi connectivity index (χ0n) is 9.35. The van der Waals surface area contributed by atoms with E-state index in [1.54, 1.807) is 25.1 Å². The van der Waals surface area contributed by atoms with Gasteiger partial charge in [0.25, 0.3) is 5.82 Å². The normalized spacial score (nSPS) is 11.6. The first-order valence-corrected chi connectivity index (χ1v) is 5.12. The predicted octanol–water partition coefficient (Wildman–Crippen LogP) is 2.08. The molecule has 18 heavy (non-hydrogen) atoms. The van der Waals surface area contributed by atoms with Crippen molar-refractivity contribution in [2.24, 2.45) is 0 Å². The lowest BCUT2D eigenvalue weighted by atomic mass is 10.3. The minimum absolute atomic E-state index is 0.150. The zero-order chi connectivity index (χ0) is 13.2.